The van der Waals surface area contributed by atoms with Crippen molar-refractivity contribution in [3.63, 3.8) is 0 Å². The summed E-state index contributed by atoms with van der Waals surface area (Å²) in [6.07, 6.45) is 5.10. The molecule has 0 radical (unpaired) electrons. The standard InChI is InChI=1S/C15H21NO/c1-11-2-5-14(17-9-12-3-4-12)13(8-11)15(10-16)6-7-15/h2,5,8,12H,3-4,6-7,9-10,16H2,1H3. The molecule has 0 heterocycles. The minimum Gasteiger partial charge on any atom is -0.493 e. The van der Waals surface area contributed by atoms with Crippen molar-refractivity contribution in [2.45, 2.75) is 38.0 Å². The second kappa shape index (κ2) is 4.02. The predicted molar refractivity (Wildman–Crippen MR) is 69.4 cm³/mol. The van der Waals surface area contributed by atoms with Gasteiger partial charge in [0.25, 0.3) is 0 Å². The van der Waals surface area contributed by atoms with Crippen LogP contribution in [0, 0.1) is 12.8 Å². The maximum Gasteiger partial charge on any atom is 0.123 e. The highest BCUT2D eigenvalue weighted by Gasteiger charge is 2.45. The van der Waals surface area contributed by atoms with Crippen LogP contribution in [0.4, 0.5) is 0 Å². The van der Waals surface area contributed by atoms with Gasteiger partial charge in [0, 0.05) is 17.5 Å². The molecule has 17 heavy (non-hydrogen) atoms. The van der Waals surface area contributed by atoms with Gasteiger partial charge in [-0.05, 0) is 44.6 Å². The molecule has 0 amide bonds. The summed E-state index contributed by atoms with van der Waals surface area (Å²) in [5, 5.41) is 0. The Morgan fingerprint density at radius 2 is 2.12 bits per heavy atom. The minimum atomic E-state index is 0.227. The van der Waals surface area contributed by atoms with E-state index in [9.17, 15) is 0 Å². The molecule has 2 N–H and O–H groups in total. The van der Waals surface area contributed by atoms with Crippen molar-refractivity contribution in [3.8, 4) is 5.75 Å². The maximum absolute atomic E-state index is 5.99. The third-order valence-corrected chi connectivity index (χ3v) is 4.12. The summed E-state index contributed by atoms with van der Waals surface area (Å²) < 4.78 is 5.99. The molecule has 92 valence electrons. The number of aryl methyl sites for hydroxylation is 1. The van der Waals surface area contributed by atoms with Crippen LogP contribution in [-0.4, -0.2) is 13.2 Å². The molecule has 2 heteroatoms. The van der Waals surface area contributed by atoms with E-state index in [4.69, 9.17) is 10.5 Å². The van der Waals surface area contributed by atoms with Gasteiger partial charge in [0.15, 0.2) is 0 Å². The fourth-order valence-electron chi connectivity index (χ4n) is 2.41. The Morgan fingerprint density at radius 3 is 2.71 bits per heavy atom. The van der Waals surface area contributed by atoms with E-state index in [1.54, 1.807) is 0 Å². The summed E-state index contributed by atoms with van der Waals surface area (Å²) in [5.74, 6) is 1.88. The Bertz CT molecular complexity index is 419. The lowest BCUT2D eigenvalue weighted by Crippen LogP contribution is -2.21. The largest absolute Gasteiger partial charge is 0.493 e. The van der Waals surface area contributed by atoms with Crippen LogP contribution in [0.3, 0.4) is 0 Å². The maximum atomic E-state index is 5.99. The van der Waals surface area contributed by atoms with Gasteiger partial charge in [-0.15, -0.1) is 0 Å². The van der Waals surface area contributed by atoms with Crippen molar-refractivity contribution in [1.29, 1.82) is 0 Å². The molecule has 3 rings (SSSR count). The van der Waals surface area contributed by atoms with Crippen LogP contribution in [0.5, 0.6) is 5.75 Å². The number of hydrogen-bond acceptors (Lipinski definition) is 2. The van der Waals surface area contributed by atoms with E-state index in [0.29, 0.717) is 0 Å². The summed E-state index contributed by atoms with van der Waals surface area (Å²) in [4.78, 5) is 0. The smallest absolute Gasteiger partial charge is 0.123 e. The summed E-state index contributed by atoms with van der Waals surface area (Å²) >= 11 is 0. The van der Waals surface area contributed by atoms with Crippen LogP contribution in [0.2, 0.25) is 0 Å². The average Bonchev–Trinajstić information content (AvgIpc) is 3.22. The highest BCUT2D eigenvalue weighted by atomic mass is 16.5. The molecule has 1 aromatic carbocycles. The molecular weight excluding hydrogens is 210 g/mol. The zero-order valence-corrected chi connectivity index (χ0v) is 10.5. The Morgan fingerprint density at radius 1 is 1.35 bits per heavy atom. The molecule has 0 saturated heterocycles. The predicted octanol–water partition coefficient (Wildman–Crippen LogP) is 2.77. The fourth-order valence-corrected chi connectivity index (χ4v) is 2.41. The van der Waals surface area contributed by atoms with E-state index in [0.717, 1.165) is 24.8 Å². The van der Waals surface area contributed by atoms with Crippen molar-refractivity contribution >= 4 is 0 Å². The normalized spacial score (nSPS) is 21.3. The zero-order chi connectivity index (χ0) is 11.9. The van der Waals surface area contributed by atoms with Gasteiger partial charge in [-0.2, -0.15) is 0 Å². The highest BCUT2D eigenvalue weighted by molar-refractivity contribution is 5.45. The van der Waals surface area contributed by atoms with Crippen molar-refractivity contribution in [3.05, 3.63) is 29.3 Å². The van der Waals surface area contributed by atoms with E-state index in [-0.39, 0.29) is 5.41 Å². The van der Waals surface area contributed by atoms with Gasteiger partial charge in [-0.1, -0.05) is 17.7 Å². The van der Waals surface area contributed by atoms with Crippen LogP contribution in [-0.2, 0) is 5.41 Å². The monoisotopic (exact) mass is 231 g/mol. The number of nitrogens with two attached hydrogens (primary N) is 1. The Balaban J connectivity index is 1.84. The fraction of sp³-hybridized carbons (Fsp3) is 0.600. The van der Waals surface area contributed by atoms with Gasteiger partial charge < -0.3 is 10.5 Å². The Labute approximate surface area is 103 Å². The van der Waals surface area contributed by atoms with Crippen molar-refractivity contribution < 1.29 is 4.74 Å². The molecule has 2 saturated carbocycles. The molecule has 2 aliphatic rings. The molecule has 0 unspecified atom stereocenters. The van der Waals surface area contributed by atoms with Crippen molar-refractivity contribution in [2.75, 3.05) is 13.2 Å². The quantitative estimate of drug-likeness (QED) is 0.845. The van der Waals surface area contributed by atoms with E-state index in [1.165, 1.54) is 36.8 Å². The Hall–Kier alpha value is -1.02. The van der Waals surface area contributed by atoms with Crippen LogP contribution in [0.1, 0.15) is 36.8 Å². The molecule has 0 aromatic heterocycles. The molecular formula is C15H21NO. The molecule has 2 fully saturated rings. The first-order chi connectivity index (χ1) is 8.23. The molecule has 1 aromatic rings. The van der Waals surface area contributed by atoms with Gasteiger partial charge in [-0.25, -0.2) is 0 Å². The van der Waals surface area contributed by atoms with Crippen molar-refractivity contribution in [1.82, 2.24) is 0 Å². The number of ether oxygens (including phenoxy) is 1. The van der Waals surface area contributed by atoms with E-state index < -0.39 is 0 Å². The second-order valence-electron chi connectivity index (χ2n) is 5.74. The average molecular weight is 231 g/mol. The third-order valence-electron chi connectivity index (χ3n) is 4.12. The van der Waals surface area contributed by atoms with Gasteiger partial charge in [0.2, 0.25) is 0 Å². The number of benzene rings is 1. The van der Waals surface area contributed by atoms with E-state index in [1.807, 2.05) is 0 Å². The molecule has 2 nitrogen and oxygen atoms in total. The highest BCUT2D eigenvalue weighted by Crippen LogP contribution is 2.50. The summed E-state index contributed by atoms with van der Waals surface area (Å²) in [6, 6.07) is 6.53. The summed E-state index contributed by atoms with van der Waals surface area (Å²) in [5.41, 5.74) is 8.81. The summed E-state index contributed by atoms with van der Waals surface area (Å²) in [6.45, 7) is 3.77. The first-order valence-electron chi connectivity index (χ1n) is 6.67. The van der Waals surface area contributed by atoms with E-state index in [2.05, 4.69) is 25.1 Å². The molecule has 2 aliphatic carbocycles. The lowest BCUT2D eigenvalue weighted by Gasteiger charge is -2.19. The van der Waals surface area contributed by atoms with Crippen LogP contribution in [0.25, 0.3) is 0 Å². The van der Waals surface area contributed by atoms with Crippen LogP contribution >= 0.6 is 0 Å². The van der Waals surface area contributed by atoms with Crippen molar-refractivity contribution in [2.24, 2.45) is 11.7 Å². The van der Waals surface area contributed by atoms with Crippen LogP contribution < -0.4 is 10.5 Å². The molecule has 0 bridgehead atoms. The van der Waals surface area contributed by atoms with Gasteiger partial charge in [0.05, 0.1) is 6.61 Å². The SMILES string of the molecule is Cc1ccc(OCC2CC2)c(C2(CN)CC2)c1. The molecule has 0 aliphatic heterocycles. The topological polar surface area (TPSA) is 35.2 Å². The van der Waals surface area contributed by atoms with Gasteiger partial charge in [0.1, 0.15) is 5.75 Å². The van der Waals surface area contributed by atoms with Gasteiger partial charge >= 0.3 is 0 Å². The van der Waals surface area contributed by atoms with Crippen LogP contribution in [0.15, 0.2) is 18.2 Å². The molecule has 0 spiro atoms. The lowest BCUT2D eigenvalue weighted by molar-refractivity contribution is 0.294. The third kappa shape index (κ3) is 2.19. The zero-order valence-electron chi connectivity index (χ0n) is 10.5. The number of hydrogen-bond donors (Lipinski definition) is 1. The minimum absolute atomic E-state index is 0.227. The number of rotatable bonds is 5. The lowest BCUT2D eigenvalue weighted by atomic mass is 9.93. The molecule has 0 atom stereocenters. The van der Waals surface area contributed by atoms with E-state index >= 15 is 0 Å². The second-order valence-corrected chi connectivity index (χ2v) is 5.74. The first-order valence-corrected chi connectivity index (χ1v) is 6.67. The van der Waals surface area contributed by atoms with Gasteiger partial charge in [-0.3, -0.25) is 0 Å². The Kier molecular flexibility index (Phi) is 2.62. The first kappa shape index (κ1) is 11.1. The summed E-state index contributed by atoms with van der Waals surface area (Å²) in [7, 11) is 0.